The molecule has 1 aromatic heterocycles. The first-order valence-electron chi connectivity index (χ1n) is 6.34. The van der Waals surface area contributed by atoms with Gasteiger partial charge in [-0.1, -0.05) is 39.0 Å². The van der Waals surface area contributed by atoms with Crippen LogP contribution >= 0.6 is 0 Å². The van der Waals surface area contributed by atoms with Crippen molar-refractivity contribution >= 4 is 16.8 Å². The number of carbonyl (C=O) groups excluding carboxylic acids is 1. The summed E-state index contributed by atoms with van der Waals surface area (Å²) < 4.78 is 0. The van der Waals surface area contributed by atoms with Gasteiger partial charge in [0.15, 0.2) is 0 Å². The predicted molar refractivity (Wildman–Crippen MR) is 74.3 cm³/mol. The van der Waals surface area contributed by atoms with Gasteiger partial charge in [-0.2, -0.15) is 0 Å². The molecule has 0 saturated carbocycles. The van der Waals surface area contributed by atoms with E-state index >= 15 is 0 Å². The molecule has 0 spiro atoms. The number of nitrogens with one attached hydrogen (secondary N) is 1. The molecular formula is C15H20N2O. The van der Waals surface area contributed by atoms with Crippen molar-refractivity contribution < 1.29 is 4.79 Å². The number of H-pyrrole nitrogens is 1. The van der Waals surface area contributed by atoms with Gasteiger partial charge in [-0.05, 0) is 18.1 Å². The Morgan fingerprint density at radius 1 is 1.39 bits per heavy atom. The number of aromatic nitrogens is 1. The Morgan fingerprint density at radius 3 is 2.67 bits per heavy atom. The summed E-state index contributed by atoms with van der Waals surface area (Å²) in [6.45, 7) is 6.18. The molecule has 96 valence electrons. The van der Waals surface area contributed by atoms with Crippen molar-refractivity contribution in [2.75, 3.05) is 0 Å². The molecule has 0 bridgehead atoms. The summed E-state index contributed by atoms with van der Waals surface area (Å²) in [5.74, 6) is -0.385. The van der Waals surface area contributed by atoms with Gasteiger partial charge in [0.25, 0.3) is 0 Å². The highest BCUT2D eigenvalue weighted by Crippen LogP contribution is 2.37. The van der Waals surface area contributed by atoms with E-state index in [1.807, 2.05) is 31.3 Å². The maximum Gasteiger partial charge on any atom is 0.221 e. The monoisotopic (exact) mass is 244 g/mol. The molecule has 0 aliphatic heterocycles. The van der Waals surface area contributed by atoms with Crippen LogP contribution in [0.25, 0.3) is 10.9 Å². The topological polar surface area (TPSA) is 58.9 Å². The molecule has 0 aliphatic rings. The van der Waals surface area contributed by atoms with E-state index in [0.717, 1.165) is 17.5 Å². The average Bonchev–Trinajstić information content (AvgIpc) is 2.72. The molecule has 3 nitrogen and oxygen atoms in total. The van der Waals surface area contributed by atoms with Gasteiger partial charge in [-0.15, -0.1) is 0 Å². The number of aromatic amines is 1. The minimum absolute atomic E-state index is 0.156. The standard InChI is InChI=1S/C15H20N2O/c1-4-11(14(16)18)15(2,3)12-9-17-13-8-6-5-7-10(12)13/h5-9,11,17H,4H2,1-3H3,(H2,16,18). The molecule has 1 amide bonds. The van der Waals surface area contributed by atoms with Crippen LogP contribution in [0.15, 0.2) is 30.5 Å². The zero-order valence-electron chi connectivity index (χ0n) is 11.2. The zero-order valence-corrected chi connectivity index (χ0v) is 11.2. The van der Waals surface area contributed by atoms with Gasteiger partial charge in [-0.3, -0.25) is 4.79 Å². The molecule has 0 aliphatic carbocycles. The maximum absolute atomic E-state index is 11.6. The summed E-state index contributed by atoms with van der Waals surface area (Å²) in [5.41, 5.74) is 7.52. The van der Waals surface area contributed by atoms with Crippen molar-refractivity contribution in [3.63, 3.8) is 0 Å². The first-order valence-corrected chi connectivity index (χ1v) is 6.34. The lowest BCUT2D eigenvalue weighted by Crippen LogP contribution is -2.38. The Labute approximate surface area is 107 Å². The van der Waals surface area contributed by atoms with E-state index in [2.05, 4.69) is 24.9 Å². The number of benzene rings is 1. The Kier molecular flexibility index (Phi) is 3.16. The molecule has 2 aromatic rings. The van der Waals surface area contributed by atoms with E-state index in [0.29, 0.717) is 0 Å². The molecular weight excluding hydrogens is 224 g/mol. The van der Waals surface area contributed by atoms with Crippen molar-refractivity contribution in [2.45, 2.75) is 32.6 Å². The summed E-state index contributed by atoms with van der Waals surface area (Å²) in [6.07, 6.45) is 2.75. The number of hydrogen-bond donors (Lipinski definition) is 2. The Bertz CT molecular complexity index is 569. The fourth-order valence-electron chi connectivity index (χ4n) is 2.86. The smallest absolute Gasteiger partial charge is 0.221 e. The van der Waals surface area contributed by atoms with E-state index in [9.17, 15) is 4.79 Å². The third-order valence-electron chi connectivity index (χ3n) is 3.91. The molecule has 3 heteroatoms. The highest BCUT2D eigenvalue weighted by Gasteiger charge is 2.35. The van der Waals surface area contributed by atoms with Crippen LogP contribution in [0.1, 0.15) is 32.8 Å². The fourth-order valence-corrected chi connectivity index (χ4v) is 2.86. The van der Waals surface area contributed by atoms with Crippen LogP contribution in [-0.4, -0.2) is 10.9 Å². The normalized spacial score (nSPS) is 13.7. The summed E-state index contributed by atoms with van der Waals surface area (Å²) in [5, 5.41) is 1.17. The lowest BCUT2D eigenvalue weighted by molar-refractivity contribution is -0.123. The van der Waals surface area contributed by atoms with Crippen LogP contribution in [0.5, 0.6) is 0 Å². The average molecular weight is 244 g/mol. The third kappa shape index (κ3) is 1.90. The molecule has 0 fully saturated rings. The highest BCUT2D eigenvalue weighted by molar-refractivity contribution is 5.86. The zero-order chi connectivity index (χ0) is 13.3. The lowest BCUT2D eigenvalue weighted by atomic mass is 9.72. The number of primary amides is 1. The van der Waals surface area contributed by atoms with Crippen LogP contribution < -0.4 is 5.73 Å². The van der Waals surface area contributed by atoms with Gasteiger partial charge in [0.05, 0.1) is 0 Å². The van der Waals surface area contributed by atoms with Crippen molar-refractivity contribution in [3.8, 4) is 0 Å². The molecule has 1 atom stereocenters. The van der Waals surface area contributed by atoms with Crippen molar-refractivity contribution in [2.24, 2.45) is 11.7 Å². The SMILES string of the molecule is CCC(C(N)=O)C(C)(C)c1c[nH]c2ccccc12. The van der Waals surface area contributed by atoms with Gasteiger partial charge < -0.3 is 10.7 Å². The third-order valence-corrected chi connectivity index (χ3v) is 3.91. The van der Waals surface area contributed by atoms with Gasteiger partial charge >= 0.3 is 0 Å². The van der Waals surface area contributed by atoms with E-state index in [4.69, 9.17) is 5.73 Å². The van der Waals surface area contributed by atoms with E-state index in [1.165, 1.54) is 5.39 Å². The van der Waals surface area contributed by atoms with Gasteiger partial charge in [-0.25, -0.2) is 0 Å². The second-order valence-corrected chi connectivity index (χ2v) is 5.33. The van der Waals surface area contributed by atoms with Crippen molar-refractivity contribution in [3.05, 3.63) is 36.0 Å². The van der Waals surface area contributed by atoms with Crippen molar-refractivity contribution in [1.29, 1.82) is 0 Å². The lowest BCUT2D eigenvalue weighted by Gasteiger charge is -2.31. The highest BCUT2D eigenvalue weighted by atomic mass is 16.1. The Morgan fingerprint density at radius 2 is 2.06 bits per heavy atom. The van der Waals surface area contributed by atoms with Crippen LogP contribution in [-0.2, 0) is 10.2 Å². The molecule has 0 radical (unpaired) electrons. The fraction of sp³-hybridized carbons (Fsp3) is 0.400. The minimum atomic E-state index is -0.264. The molecule has 3 N–H and O–H groups in total. The maximum atomic E-state index is 11.6. The molecule has 18 heavy (non-hydrogen) atoms. The summed E-state index contributed by atoms with van der Waals surface area (Å²) in [6, 6.07) is 8.14. The van der Waals surface area contributed by atoms with Gasteiger partial charge in [0, 0.05) is 28.4 Å². The summed E-state index contributed by atoms with van der Waals surface area (Å²) in [7, 11) is 0. The Hall–Kier alpha value is -1.77. The number of fused-ring (bicyclic) bond motifs is 1. The minimum Gasteiger partial charge on any atom is -0.369 e. The Balaban J connectivity index is 2.55. The number of nitrogens with two attached hydrogens (primary N) is 1. The largest absolute Gasteiger partial charge is 0.369 e. The predicted octanol–water partition coefficient (Wildman–Crippen LogP) is 2.96. The second-order valence-electron chi connectivity index (χ2n) is 5.33. The second kappa shape index (κ2) is 4.48. The quantitative estimate of drug-likeness (QED) is 0.853. The molecule has 2 rings (SSSR count). The number of carbonyl (C=O) groups is 1. The van der Waals surface area contributed by atoms with Crippen LogP contribution in [0.2, 0.25) is 0 Å². The first-order chi connectivity index (χ1) is 8.48. The van der Waals surface area contributed by atoms with E-state index < -0.39 is 0 Å². The molecule has 1 unspecified atom stereocenters. The number of rotatable bonds is 4. The number of amides is 1. The molecule has 1 aromatic carbocycles. The number of hydrogen-bond acceptors (Lipinski definition) is 1. The van der Waals surface area contributed by atoms with Crippen LogP contribution in [0.3, 0.4) is 0 Å². The van der Waals surface area contributed by atoms with Gasteiger partial charge in [0.2, 0.25) is 5.91 Å². The van der Waals surface area contributed by atoms with Crippen LogP contribution in [0.4, 0.5) is 0 Å². The van der Waals surface area contributed by atoms with Gasteiger partial charge in [0.1, 0.15) is 0 Å². The first kappa shape index (κ1) is 12.7. The van der Waals surface area contributed by atoms with Crippen LogP contribution in [0, 0.1) is 5.92 Å². The number of para-hydroxylation sites is 1. The summed E-state index contributed by atoms with van der Waals surface area (Å²) >= 11 is 0. The summed E-state index contributed by atoms with van der Waals surface area (Å²) in [4.78, 5) is 14.9. The van der Waals surface area contributed by atoms with Crippen molar-refractivity contribution in [1.82, 2.24) is 4.98 Å². The molecule has 1 heterocycles. The molecule has 0 saturated heterocycles. The van der Waals surface area contributed by atoms with E-state index in [1.54, 1.807) is 0 Å². The van der Waals surface area contributed by atoms with E-state index in [-0.39, 0.29) is 17.2 Å².